The predicted molar refractivity (Wildman–Crippen MR) is 59.7 cm³/mol. The van der Waals surface area contributed by atoms with E-state index in [1.165, 1.54) is 11.1 Å². The third-order valence-corrected chi connectivity index (χ3v) is 2.16. The number of rotatable bonds is 3. The Morgan fingerprint density at radius 3 is 2.60 bits per heavy atom. The fraction of sp³-hybridized carbons (Fsp3) is 0.154. The van der Waals surface area contributed by atoms with Gasteiger partial charge in [-0.1, -0.05) is 29.8 Å². The molecule has 2 rings (SSSR count). The van der Waals surface area contributed by atoms with Gasteiger partial charge >= 0.3 is 0 Å². The molecule has 0 saturated carbocycles. The van der Waals surface area contributed by atoms with Crippen molar-refractivity contribution in [1.29, 1.82) is 0 Å². The summed E-state index contributed by atoms with van der Waals surface area (Å²) in [6.07, 6.45) is 3.45. The summed E-state index contributed by atoms with van der Waals surface area (Å²) >= 11 is 0. The van der Waals surface area contributed by atoms with Crippen LogP contribution in [0.4, 0.5) is 0 Å². The highest BCUT2D eigenvalue weighted by Crippen LogP contribution is 2.10. The SMILES string of the molecule is Cc1ccc(COc2cccnc2)cc1. The highest BCUT2D eigenvalue weighted by atomic mass is 16.5. The average molecular weight is 199 g/mol. The molecule has 76 valence electrons. The standard InChI is InChI=1S/C13H13NO/c1-11-4-6-12(7-5-11)10-15-13-3-2-8-14-9-13/h2-9H,10H2,1H3. The second-order valence-corrected chi connectivity index (χ2v) is 3.46. The van der Waals surface area contributed by atoms with Crippen molar-refractivity contribution >= 4 is 0 Å². The minimum atomic E-state index is 0.589. The summed E-state index contributed by atoms with van der Waals surface area (Å²) < 4.78 is 5.57. The van der Waals surface area contributed by atoms with E-state index in [9.17, 15) is 0 Å². The fourth-order valence-corrected chi connectivity index (χ4v) is 1.28. The number of aromatic nitrogens is 1. The Labute approximate surface area is 89.6 Å². The number of hydrogen-bond acceptors (Lipinski definition) is 2. The molecule has 0 unspecified atom stereocenters. The summed E-state index contributed by atoms with van der Waals surface area (Å²) in [4.78, 5) is 3.99. The van der Waals surface area contributed by atoms with Gasteiger partial charge in [-0.25, -0.2) is 0 Å². The zero-order valence-corrected chi connectivity index (χ0v) is 8.68. The fourth-order valence-electron chi connectivity index (χ4n) is 1.28. The lowest BCUT2D eigenvalue weighted by Crippen LogP contribution is -1.95. The van der Waals surface area contributed by atoms with Crippen LogP contribution in [0.1, 0.15) is 11.1 Å². The van der Waals surface area contributed by atoms with Gasteiger partial charge in [0, 0.05) is 6.20 Å². The van der Waals surface area contributed by atoms with Crippen LogP contribution in [0.15, 0.2) is 48.8 Å². The molecule has 1 heterocycles. The van der Waals surface area contributed by atoms with Gasteiger partial charge in [0.25, 0.3) is 0 Å². The molecule has 1 aromatic carbocycles. The summed E-state index contributed by atoms with van der Waals surface area (Å²) in [5.41, 5.74) is 2.43. The molecule has 2 aromatic rings. The summed E-state index contributed by atoms with van der Waals surface area (Å²) in [6, 6.07) is 12.1. The van der Waals surface area contributed by atoms with Crippen LogP contribution in [0.5, 0.6) is 5.75 Å². The monoisotopic (exact) mass is 199 g/mol. The quantitative estimate of drug-likeness (QED) is 0.758. The molecule has 15 heavy (non-hydrogen) atoms. The van der Waals surface area contributed by atoms with Crippen molar-refractivity contribution < 1.29 is 4.74 Å². The first-order valence-corrected chi connectivity index (χ1v) is 4.93. The van der Waals surface area contributed by atoms with E-state index < -0.39 is 0 Å². The average Bonchev–Trinajstić information content (AvgIpc) is 2.30. The lowest BCUT2D eigenvalue weighted by atomic mass is 10.2. The summed E-state index contributed by atoms with van der Waals surface area (Å²) in [7, 11) is 0. The van der Waals surface area contributed by atoms with Gasteiger partial charge in [-0.3, -0.25) is 4.98 Å². The van der Waals surface area contributed by atoms with Crippen LogP contribution in [0.3, 0.4) is 0 Å². The first kappa shape index (κ1) is 9.71. The first-order chi connectivity index (χ1) is 7.34. The normalized spacial score (nSPS) is 9.93. The minimum Gasteiger partial charge on any atom is -0.487 e. The van der Waals surface area contributed by atoms with E-state index in [0.29, 0.717) is 6.61 Å². The smallest absolute Gasteiger partial charge is 0.138 e. The molecule has 0 amide bonds. The van der Waals surface area contributed by atoms with Gasteiger partial charge in [-0.2, -0.15) is 0 Å². The van der Waals surface area contributed by atoms with Crippen molar-refractivity contribution in [2.45, 2.75) is 13.5 Å². The van der Waals surface area contributed by atoms with E-state index in [1.54, 1.807) is 12.4 Å². The Morgan fingerprint density at radius 1 is 1.13 bits per heavy atom. The van der Waals surface area contributed by atoms with Crippen LogP contribution >= 0.6 is 0 Å². The maximum absolute atomic E-state index is 5.57. The minimum absolute atomic E-state index is 0.589. The van der Waals surface area contributed by atoms with Gasteiger partial charge in [0.15, 0.2) is 0 Å². The number of pyridine rings is 1. The van der Waals surface area contributed by atoms with E-state index in [4.69, 9.17) is 4.74 Å². The number of benzene rings is 1. The molecule has 0 saturated heterocycles. The Morgan fingerprint density at radius 2 is 1.93 bits per heavy atom. The van der Waals surface area contributed by atoms with Crippen LogP contribution in [0.2, 0.25) is 0 Å². The Kier molecular flexibility index (Phi) is 2.98. The molecule has 0 aliphatic carbocycles. The largest absolute Gasteiger partial charge is 0.487 e. The third-order valence-electron chi connectivity index (χ3n) is 2.16. The second kappa shape index (κ2) is 4.60. The highest BCUT2D eigenvalue weighted by molar-refractivity contribution is 5.22. The van der Waals surface area contributed by atoms with Crippen LogP contribution < -0.4 is 4.74 Å². The molecule has 2 heteroatoms. The molecule has 0 aliphatic rings. The summed E-state index contributed by atoms with van der Waals surface area (Å²) in [5, 5.41) is 0. The Bertz CT molecular complexity index is 408. The summed E-state index contributed by atoms with van der Waals surface area (Å²) in [6.45, 7) is 2.66. The first-order valence-electron chi connectivity index (χ1n) is 4.93. The van der Waals surface area contributed by atoms with Crippen molar-refractivity contribution in [2.75, 3.05) is 0 Å². The van der Waals surface area contributed by atoms with E-state index in [-0.39, 0.29) is 0 Å². The molecule has 0 aliphatic heterocycles. The lowest BCUT2D eigenvalue weighted by molar-refractivity contribution is 0.305. The van der Waals surface area contributed by atoms with E-state index >= 15 is 0 Å². The molecule has 0 fully saturated rings. The molecular formula is C13H13NO. The Balaban J connectivity index is 1.96. The van der Waals surface area contributed by atoms with Crippen molar-refractivity contribution in [3.05, 3.63) is 59.9 Å². The van der Waals surface area contributed by atoms with Gasteiger partial charge in [-0.05, 0) is 24.6 Å². The van der Waals surface area contributed by atoms with Gasteiger partial charge in [0.1, 0.15) is 12.4 Å². The van der Waals surface area contributed by atoms with E-state index in [1.807, 2.05) is 12.1 Å². The molecule has 2 nitrogen and oxygen atoms in total. The van der Waals surface area contributed by atoms with Crippen LogP contribution in [0.25, 0.3) is 0 Å². The van der Waals surface area contributed by atoms with Crippen molar-refractivity contribution in [3.63, 3.8) is 0 Å². The van der Waals surface area contributed by atoms with Gasteiger partial charge < -0.3 is 4.74 Å². The summed E-state index contributed by atoms with van der Waals surface area (Å²) in [5.74, 6) is 0.804. The van der Waals surface area contributed by atoms with Crippen molar-refractivity contribution in [3.8, 4) is 5.75 Å². The maximum atomic E-state index is 5.57. The molecule has 1 aromatic heterocycles. The number of aryl methyl sites for hydroxylation is 1. The molecule has 0 bridgehead atoms. The Hall–Kier alpha value is -1.83. The van der Waals surface area contributed by atoms with Crippen LogP contribution in [0, 0.1) is 6.92 Å². The maximum Gasteiger partial charge on any atom is 0.138 e. The van der Waals surface area contributed by atoms with Crippen LogP contribution in [-0.4, -0.2) is 4.98 Å². The van der Waals surface area contributed by atoms with Gasteiger partial charge in [0.2, 0.25) is 0 Å². The molecular weight excluding hydrogens is 186 g/mol. The third kappa shape index (κ3) is 2.81. The van der Waals surface area contributed by atoms with Gasteiger partial charge in [0.05, 0.1) is 6.20 Å². The molecule has 0 spiro atoms. The number of nitrogens with zero attached hydrogens (tertiary/aromatic N) is 1. The molecule has 0 N–H and O–H groups in total. The number of hydrogen-bond donors (Lipinski definition) is 0. The van der Waals surface area contributed by atoms with E-state index in [2.05, 4.69) is 36.2 Å². The molecule has 0 atom stereocenters. The van der Waals surface area contributed by atoms with E-state index in [0.717, 1.165) is 5.75 Å². The van der Waals surface area contributed by atoms with Crippen molar-refractivity contribution in [1.82, 2.24) is 4.98 Å². The molecule has 0 radical (unpaired) electrons. The topological polar surface area (TPSA) is 22.1 Å². The second-order valence-electron chi connectivity index (χ2n) is 3.46. The van der Waals surface area contributed by atoms with Gasteiger partial charge in [-0.15, -0.1) is 0 Å². The zero-order chi connectivity index (χ0) is 10.5. The zero-order valence-electron chi connectivity index (χ0n) is 8.68. The predicted octanol–water partition coefficient (Wildman–Crippen LogP) is 2.97. The van der Waals surface area contributed by atoms with Crippen molar-refractivity contribution in [2.24, 2.45) is 0 Å². The highest BCUT2D eigenvalue weighted by Gasteiger charge is 1.94. The number of ether oxygens (including phenoxy) is 1. The lowest BCUT2D eigenvalue weighted by Gasteiger charge is -2.05. The van der Waals surface area contributed by atoms with Crippen LogP contribution in [-0.2, 0) is 6.61 Å².